The van der Waals surface area contributed by atoms with Crippen molar-refractivity contribution in [3.63, 3.8) is 0 Å². The van der Waals surface area contributed by atoms with Gasteiger partial charge in [0, 0.05) is 4.47 Å². The van der Waals surface area contributed by atoms with Crippen molar-refractivity contribution in [2.75, 3.05) is 13.2 Å². The van der Waals surface area contributed by atoms with Crippen molar-refractivity contribution in [2.24, 2.45) is 0 Å². The van der Waals surface area contributed by atoms with Gasteiger partial charge >= 0.3 is 0 Å². The summed E-state index contributed by atoms with van der Waals surface area (Å²) in [6.45, 7) is 3.59. The van der Waals surface area contributed by atoms with Crippen LogP contribution < -0.4 is 0 Å². The summed E-state index contributed by atoms with van der Waals surface area (Å²) in [5.74, 6) is 0. The van der Waals surface area contributed by atoms with Crippen molar-refractivity contribution in [3.8, 4) is 0 Å². The van der Waals surface area contributed by atoms with Gasteiger partial charge < -0.3 is 9.47 Å². The van der Waals surface area contributed by atoms with Crippen LogP contribution in [0, 0.1) is 0 Å². The van der Waals surface area contributed by atoms with Gasteiger partial charge in [0.1, 0.15) is 6.10 Å². The topological polar surface area (TPSA) is 21.8 Å². The molecule has 16 heavy (non-hydrogen) atoms. The van der Waals surface area contributed by atoms with Crippen LogP contribution in [0.15, 0.2) is 22.7 Å². The lowest BCUT2D eigenvalue weighted by Gasteiger charge is -2.18. The molecular formula is C12H14BrClO2. The third kappa shape index (κ3) is 2.98. The van der Waals surface area contributed by atoms with Crippen molar-refractivity contribution in [3.05, 3.63) is 33.3 Å². The van der Waals surface area contributed by atoms with E-state index >= 15 is 0 Å². The highest BCUT2D eigenvalue weighted by Gasteiger charge is 2.25. The van der Waals surface area contributed by atoms with Gasteiger partial charge in [-0.05, 0) is 34.0 Å². The molecule has 0 radical (unpaired) electrons. The molecule has 4 heteroatoms. The molecule has 1 aromatic rings. The van der Waals surface area contributed by atoms with E-state index in [2.05, 4.69) is 22.9 Å². The first kappa shape index (κ1) is 12.4. The molecule has 0 aromatic heterocycles. The Balaban J connectivity index is 2.08. The second-order valence-corrected chi connectivity index (χ2v) is 5.03. The molecule has 2 atom stereocenters. The average molecular weight is 306 g/mol. The molecular weight excluding hydrogens is 291 g/mol. The van der Waals surface area contributed by atoms with Crippen LogP contribution in [-0.4, -0.2) is 19.3 Å². The first-order valence-electron chi connectivity index (χ1n) is 5.39. The highest BCUT2D eigenvalue weighted by Crippen LogP contribution is 2.33. The van der Waals surface area contributed by atoms with E-state index in [1.807, 2.05) is 18.2 Å². The van der Waals surface area contributed by atoms with Gasteiger partial charge in [0.2, 0.25) is 0 Å². The second-order valence-electron chi connectivity index (χ2n) is 3.83. The maximum Gasteiger partial charge on any atom is 0.104 e. The SMILES string of the molecule is CC[C@@H](OCC1CO1)c1cccc(Cl)c1Br. The zero-order chi connectivity index (χ0) is 11.5. The van der Waals surface area contributed by atoms with E-state index in [1.54, 1.807) is 0 Å². The fraction of sp³-hybridized carbons (Fsp3) is 0.500. The predicted molar refractivity (Wildman–Crippen MR) is 67.9 cm³/mol. The van der Waals surface area contributed by atoms with Crippen LogP contribution in [0.5, 0.6) is 0 Å². The molecule has 1 aromatic carbocycles. The van der Waals surface area contributed by atoms with E-state index in [4.69, 9.17) is 21.1 Å². The fourth-order valence-electron chi connectivity index (χ4n) is 1.58. The van der Waals surface area contributed by atoms with E-state index in [-0.39, 0.29) is 6.10 Å². The van der Waals surface area contributed by atoms with Crippen LogP contribution in [0.2, 0.25) is 5.02 Å². The third-order valence-electron chi connectivity index (χ3n) is 2.58. The number of epoxide rings is 1. The summed E-state index contributed by atoms with van der Waals surface area (Å²) in [5, 5.41) is 0.724. The smallest absolute Gasteiger partial charge is 0.104 e. The second kappa shape index (κ2) is 5.50. The first-order chi connectivity index (χ1) is 7.72. The summed E-state index contributed by atoms with van der Waals surface area (Å²) in [5.41, 5.74) is 1.11. The summed E-state index contributed by atoms with van der Waals surface area (Å²) < 4.78 is 11.9. The maximum atomic E-state index is 6.06. The van der Waals surface area contributed by atoms with Crippen LogP contribution in [-0.2, 0) is 9.47 Å². The van der Waals surface area contributed by atoms with Gasteiger partial charge in [-0.2, -0.15) is 0 Å². The number of ether oxygens (including phenoxy) is 2. The normalized spacial score (nSPS) is 20.8. The van der Waals surface area contributed by atoms with Gasteiger partial charge in [-0.3, -0.25) is 0 Å². The summed E-state index contributed by atoms with van der Waals surface area (Å²) in [6.07, 6.45) is 1.30. The van der Waals surface area contributed by atoms with Gasteiger partial charge in [-0.25, -0.2) is 0 Å². The standard InChI is InChI=1S/C12H14BrClO2/c1-2-11(16-7-8-6-15-8)9-4-3-5-10(14)12(9)13/h3-5,8,11H,2,6-7H2,1H3/t8?,11-/m1/s1. The molecule has 1 heterocycles. The number of benzene rings is 1. The van der Waals surface area contributed by atoms with E-state index in [1.165, 1.54) is 0 Å². The molecule has 88 valence electrons. The van der Waals surface area contributed by atoms with Crippen molar-refractivity contribution in [1.82, 2.24) is 0 Å². The van der Waals surface area contributed by atoms with Gasteiger partial charge in [-0.1, -0.05) is 30.7 Å². The van der Waals surface area contributed by atoms with Crippen LogP contribution in [0.1, 0.15) is 25.0 Å². The van der Waals surface area contributed by atoms with Crippen molar-refractivity contribution in [1.29, 1.82) is 0 Å². The van der Waals surface area contributed by atoms with Gasteiger partial charge in [-0.15, -0.1) is 0 Å². The Morgan fingerprint density at radius 2 is 2.38 bits per heavy atom. The first-order valence-corrected chi connectivity index (χ1v) is 6.56. The molecule has 1 aliphatic heterocycles. The Kier molecular flexibility index (Phi) is 4.25. The Hall–Kier alpha value is -0.0900. The third-order valence-corrected chi connectivity index (χ3v) is 4.01. The summed E-state index contributed by atoms with van der Waals surface area (Å²) in [6, 6.07) is 5.85. The molecule has 0 saturated carbocycles. The Bertz CT molecular complexity index is 366. The Morgan fingerprint density at radius 1 is 1.62 bits per heavy atom. The van der Waals surface area contributed by atoms with Gasteiger partial charge in [0.05, 0.1) is 24.3 Å². The highest BCUT2D eigenvalue weighted by molar-refractivity contribution is 9.10. The summed E-state index contributed by atoms with van der Waals surface area (Å²) in [4.78, 5) is 0. The monoisotopic (exact) mass is 304 g/mol. The largest absolute Gasteiger partial charge is 0.371 e. The quantitative estimate of drug-likeness (QED) is 0.768. The molecule has 1 fully saturated rings. The van der Waals surface area contributed by atoms with Crippen LogP contribution in [0.25, 0.3) is 0 Å². The van der Waals surface area contributed by atoms with Gasteiger partial charge in [0.25, 0.3) is 0 Å². The Labute approximate surface area is 109 Å². The number of halogens is 2. The lowest BCUT2D eigenvalue weighted by atomic mass is 10.1. The molecule has 1 unspecified atom stereocenters. The van der Waals surface area contributed by atoms with Crippen LogP contribution in [0.4, 0.5) is 0 Å². The molecule has 0 N–H and O–H groups in total. The van der Waals surface area contributed by atoms with E-state index in [0.717, 1.165) is 28.1 Å². The molecule has 0 aliphatic carbocycles. The average Bonchev–Trinajstić information content (AvgIpc) is 3.08. The number of hydrogen-bond acceptors (Lipinski definition) is 2. The number of hydrogen-bond donors (Lipinski definition) is 0. The van der Waals surface area contributed by atoms with Crippen molar-refractivity contribution in [2.45, 2.75) is 25.6 Å². The van der Waals surface area contributed by atoms with Gasteiger partial charge in [0.15, 0.2) is 0 Å². The van der Waals surface area contributed by atoms with Crippen LogP contribution >= 0.6 is 27.5 Å². The summed E-state index contributed by atoms with van der Waals surface area (Å²) >= 11 is 9.56. The molecule has 2 rings (SSSR count). The molecule has 1 saturated heterocycles. The van der Waals surface area contributed by atoms with Crippen LogP contribution in [0.3, 0.4) is 0 Å². The minimum Gasteiger partial charge on any atom is -0.371 e. The molecule has 0 spiro atoms. The summed E-state index contributed by atoms with van der Waals surface area (Å²) in [7, 11) is 0. The fourth-order valence-corrected chi connectivity index (χ4v) is 2.29. The van der Waals surface area contributed by atoms with E-state index in [0.29, 0.717) is 12.7 Å². The lowest BCUT2D eigenvalue weighted by Crippen LogP contribution is -2.09. The minimum absolute atomic E-state index is 0.0808. The van der Waals surface area contributed by atoms with Crippen molar-refractivity contribution >= 4 is 27.5 Å². The van der Waals surface area contributed by atoms with E-state index < -0.39 is 0 Å². The zero-order valence-corrected chi connectivity index (χ0v) is 11.4. The molecule has 1 aliphatic rings. The Morgan fingerprint density at radius 3 is 3.00 bits per heavy atom. The minimum atomic E-state index is 0.0808. The highest BCUT2D eigenvalue weighted by atomic mass is 79.9. The molecule has 0 amide bonds. The molecule has 0 bridgehead atoms. The predicted octanol–water partition coefficient (Wildman–Crippen LogP) is 3.97. The zero-order valence-electron chi connectivity index (χ0n) is 9.08. The maximum absolute atomic E-state index is 6.06. The van der Waals surface area contributed by atoms with Crippen molar-refractivity contribution < 1.29 is 9.47 Å². The lowest BCUT2D eigenvalue weighted by molar-refractivity contribution is 0.0390. The van der Waals surface area contributed by atoms with E-state index in [9.17, 15) is 0 Å². The number of rotatable bonds is 5. The molecule has 2 nitrogen and oxygen atoms in total.